The first-order valence-corrected chi connectivity index (χ1v) is 7.53. The Morgan fingerprint density at radius 3 is 2.87 bits per heavy atom. The molecule has 1 N–H and O–H groups in total. The van der Waals surface area contributed by atoms with Crippen LogP contribution in [0.25, 0.3) is 5.82 Å². The van der Waals surface area contributed by atoms with Gasteiger partial charge in [-0.15, -0.1) is 0 Å². The maximum Gasteiger partial charge on any atom is 0.224 e. The lowest BCUT2D eigenvalue weighted by molar-refractivity contribution is -0.116. The van der Waals surface area contributed by atoms with Crippen molar-refractivity contribution in [2.75, 3.05) is 5.32 Å². The van der Waals surface area contributed by atoms with Crippen molar-refractivity contribution >= 4 is 11.6 Å². The van der Waals surface area contributed by atoms with E-state index < -0.39 is 0 Å². The summed E-state index contributed by atoms with van der Waals surface area (Å²) < 4.78 is 1.64. The first-order valence-electron chi connectivity index (χ1n) is 7.53. The van der Waals surface area contributed by atoms with Gasteiger partial charge in [-0.05, 0) is 37.1 Å². The monoisotopic (exact) mass is 306 g/mol. The lowest BCUT2D eigenvalue weighted by atomic mass is 10.1. The molecule has 0 aliphatic rings. The summed E-state index contributed by atoms with van der Waals surface area (Å²) in [6.45, 7) is 2.05. The van der Waals surface area contributed by atoms with Crippen LogP contribution >= 0.6 is 0 Å². The molecule has 0 aliphatic carbocycles. The van der Waals surface area contributed by atoms with E-state index >= 15 is 0 Å². The number of carbonyl (C=O) groups excluding carboxylic acids is 1. The summed E-state index contributed by atoms with van der Waals surface area (Å²) >= 11 is 0. The number of nitrogens with zero attached hydrogens (tertiary/aromatic N) is 3. The van der Waals surface area contributed by atoms with Gasteiger partial charge in [0.05, 0.1) is 5.69 Å². The van der Waals surface area contributed by atoms with E-state index in [9.17, 15) is 4.79 Å². The van der Waals surface area contributed by atoms with E-state index in [2.05, 4.69) is 34.5 Å². The lowest BCUT2D eigenvalue weighted by Crippen LogP contribution is -2.15. The molecular weight excluding hydrogens is 288 g/mol. The Hall–Kier alpha value is -2.95. The summed E-state index contributed by atoms with van der Waals surface area (Å²) in [5, 5.41) is 7.08. The standard InChI is InChI=1S/C18H18N4O/c1-14-5-2-6-15(13-14)8-9-17(23)21-16-7-3-10-19-18(16)22-12-4-11-20-22/h2-7,10-13H,8-9H2,1H3,(H,21,23). The first-order chi connectivity index (χ1) is 11.2. The number of pyridine rings is 1. The van der Waals surface area contributed by atoms with Crippen molar-refractivity contribution in [2.24, 2.45) is 0 Å². The summed E-state index contributed by atoms with van der Waals surface area (Å²) in [5.74, 6) is 0.578. The maximum absolute atomic E-state index is 12.2. The molecule has 2 heterocycles. The smallest absolute Gasteiger partial charge is 0.224 e. The highest BCUT2D eigenvalue weighted by Crippen LogP contribution is 2.16. The van der Waals surface area contributed by atoms with Gasteiger partial charge in [0, 0.05) is 25.0 Å². The average Bonchev–Trinajstić information content (AvgIpc) is 3.08. The van der Waals surface area contributed by atoms with Gasteiger partial charge in [-0.1, -0.05) is 29.8 Å². The molecular formula is C18H18N4O. The predicted octanol–water partition coefficient (Wildman–Crippen LogP) is 3.15. The third-order valence-corrected chi connectivity index (χ3v) is 3.51. The van der Waals surface area contributed by atoms with E-state index in [-0.39, 0.29) is 5.91 Å². The molecule has 1 aromatic carbocycles. The predicted molar refractivity (Wildman–Crippen MR) is 89.5 cm³/mol. The number of aromatic nitrogens is 3. The van der Waals surface area contributed by atoms with Crippen LogP contribution in [-0.2, 0) is 11.2 Å². The molecule has 0 aliphatic heterocycles. The largest absolute Gasteiger partial charge is 0.323 e. The summed E-state index contributed by atoms with van der Waals surface area (Å²) in [7, 11) is 0. The van der Waals surface area contributed by atoms with Gasteiger partial charge in [0.2, 0.25) is 5.91 Å². The number of aryl methyl sites for hydroxylation is 2. The van der Waals surface area contributed by atoms with Gasteiger partial charge in [-0.25, -0.2) is 9.67 Å². The van der Waals surface area contributed by atoms with E-state index in [4.69, 9.17) is 0 Å². The van der Waals surface area contributed by atoms with E-state index in [0.29, 0.717) is 24.3 Å². The quantitative estimate of drug-likeness (QED) is 0.787. The SMILES string of the molecule is Cc1cccc(CCC(=O)Nc2cccnc2-n2cccn2)c1. The molecule has 5 nitrogen and oxygen atoms in total. The summed E-state index contributed by atoms with van der Waals surface area (Å²) in [5.41, 5.74) is 3.03. The zero-order valence-corrected chi connectivity index (χ0v) is 12.9. The van der Waals surface area contributed by atoms with Crippen LogP contribution in [0, 0.1) is 6.92 Å². The van der Waals surface area contributed by atoms with E-state index in [1.54, 1.807) is 29.3 Å². The van der Waals surface area contributed by atoms with E-state index in [1.165, 1.54) is 11.1 Å². The molecule has 0 fully saturated rings. The Labute approximate surface area is 135 Å². The zero-order valence-electron chi connectivity index (χ0n) is 12.9. The van der Waals surface area contributed by atoms with Gasteiger partial charge in [0.15, 0.2) is 5.82 Å². The van der Waals surface area contributed by atoms with Crippen LogP contribution in [0.3, 0.4) is 0 Å². The van der Waals surface area contributed by atoms with E-state index in [1.807, 2.05) is 24.3 Å². The van der Waals surface area contributed by atoms with Gasteiger partial charge in [-0.2, -0.15) is 5.10 Å². The number of benzene rings is 1. The molecule has 23 heavy (non-hydrogen) atoms. The fourth-order valence-corrected chi connectivity index (χ4v) is 2.41. The van der Waals surface area contributed by atoms with Crippen molar-refractivity contribution in [3.63, 3.8) is 0 Å². The molecule has 0 saturated carbocycles. The van der Waals surface area contributed by atoms with Gasteiger partial charge in [-0.3, -0.25) is 4.79 Å². The first kappa shape index (κ1) is 15.0. The molecule has 116 valence electrons. The molecule has 0 spiro atoms. The summed E-state index contributed by atoms with van der Waals surface area (Å²) in [6.07, 6.45) is 6.30. The van der Waals surface area contributed by atoms with Crippen molar-refractivity contribution in [1.29, 1.82) is 0 Å². The Morgan fingerprint density at radius 2 is 2.09 bits per heavy atom. The lowest BCUT2D eigenvalue weighted by Gasteiger charge is -2.10. The fraction of sp³-hybridized carbons (Fsp3) is 0.167. The number of rotatable bonds is 5. The molecule has 5 heteroatoms. The Balaban J connectivity index is 1.67. The molecule has 3 aromatic rings. The second-order valence-electron chi connectivity index (χ2n) is 5.36. The number of nitrogens with one attached hydrogen (secondary N) is 1. The molecule has 0 saturated heterocycles. The highest BCUT2D eigenvalue weighted by molar-refractivity contribution is 5.92. The molecule has 3 rings (SSSR count). The second-order valence-corrected chi connectivity index (χ2v) is 5.36. The van der Waals surface area contributed by atoms with Crippen molar-refractivity contribution in [3.8, 4) is 5.82 Å². The van der Waals surface area contributed by atoms with Crippen LogP contribution in [-0.4, -0.2) is 20.7 Å². The normalized spacial score (nSPS) is 10.5. The highest BCUT2D eigenvalue weighted by Gasteiger charge is 2.09. The molecule has 0 unspecified atom stereocenters. The van der Waals surface area contributed by atoms with Crippen molar-refractivity contribution in [2.45, 2.75) is 19.8 Å². The minimum absolute atomic E-state index is 0.0343. The average molecular weight is 306 g/mol. The zero-order chi connectivity index (χ0) is 16.1. The van der Waals surface area contributed by atoms with Gasteiger partial charge in [0.1, 0.15) is 0 Å². The second kappa shape index (κ2) is 6.87. The van der Waals surface area contributed by atoms with Gasteiger partial charge in [0.25, 0.3) is 0 Å². The van der Waals surface area contributed by atoms with Crippen molar-refractivity contribution in [3.05, 3.63) is 72.2 Å². The van der Waals surface area contributed by atoms with Gasteiger partial charge >= 0.3 is 0 Å². The maximum atomic E-state index is 12.2. The van der Waals surface area contributed by atoms with Crippen LogP contribution < -0.4 is 5.32 Å². The minimum Gasteiger partial charge on any atom is -0.323 e. The fourth-order valence-electron chi connectivity index (χ4n) is 2.41. The minimum atomic E-state index is -0.0343. The Morgan fingerprint density at radius 1 is 1.17 bits per heavy atom. The number of carbonyl (C=O) groups is 1. The number of amides is 1. The molecule has 0 bridgehead atoms. The van der Waals surface area contributed by atoms with Crippen molar-refractivity contribution in [1.82, 2.24) is 14.8 Å². The van der Waals surface area contributed by atoms with E-state index in [0.717, 1.165) is 0 Å². The van der Waals surface area contributed by atoms with Crippen LogP contribution in [0.4, 0.5) is 5.69 Å². The Kier molecular flexibility index (Phi) is 4.47. The number of anilines is 1. The van der Waals surface area contributed by atoms with Gasteiger partial charge < -0.3 is 5.32 Å². The molecule has 1 amide bonds. The van der Waals surface area contributed by atoms with Crippen LogP contribution in [0.1, 0.15) is 17.5 Å². The number of hydrogen-bond donors (Lipinski definition) is 1. The molecule has 0 atom stereocenters. The van der Waals surface area contributed by atoms with Crippen LogP contribution in [0.5, 0.6) is 0 Å². The molecule has 0 radical (unpaired) electrons. The highest BCUT2D eigenvalue weighted by atomic mass is 16.1. The van der Waals surface area contributed by atoms with Crippen molar-refractivity contribution < 1.29 is 4.79 Å². The summed E-state index contributed by atoms with van der Waals surface area (Å²) in [4.78, 5) is 16.5. The summed E-state index contributed by atoms with van der Waals surface area (Å²) in [6, 6.07) is 13.6. The third-order valence-electron chi connectivity index (χ3n) is 3.51. The number of hydrogen-bond acceptors (Lipinski definition) is 3. The van der Waals surface area contributed by atoms with Crippen LogP contribution in [0.15, 0.2) is 61.1 Å². The third kappa shape index (κ3) is 3.83. The topological polar surface area (TPSA) is 59.8 Å². The Bertz CT molecular complexity index is 796. The van der Waals surface area contributed by atoms with Crippen LogP contribution in [0.2, 0.25) is 0 Å². The molecule has 2 aromatic heterocycles.